The molecule has 1 unspecified atom stereocenters. The zero-order chi connectivity index (χ0) is 48.4. The smallest absolute Gasteiger partial charge is 0.312 e. The third-order valence-corrected chi connectivity index (χ3v) is 10.7. The molecule has 370 valence electrons. The highest BCUT2D eigenvalue weighted by atomic mass is 16.6. The molecule has 6 N–H and O–H groups in total. The van der Waals surface area contributed by atoms with Crippen LogP contribution in [0.3, 0.4) is 0 Å². The Morgan fingerprint density at radius 1 is 0.758 bits per heavy atom. The Morgan fingerprint density at radius 2 is 1.41 bits per heavy atom. The van der Waals surface area contributed by atoms with Crippen LogP contribution in [0.2, 0.25) is 0 Å². The molecular weight excluding hydrogens is 857 g/mol. The van der Waals surface area contributed by atoms with Gasteiger partial charge in [-0.3, -0.25) is 28.8 Å². The Kier molecular flexibility index (Phi) is 30.8. The van der Waals surface area contributed by atoms with Gasteiger partial charge in [0.15, 0.2) is 11.6 Å². The number of hydrogen-bond donors (Lipinski definition) is 5. The largest absolute Gasteiger partial charge is 0.469 e. The highest BCUT2D eigenvalue weighted by Gasteiger charge is 2.32. The number of nitrogens with one attached hydrogen (secondary N) is 3. The normalized spacial score (nSPS) is 15.0. The molecule has 1 aliphatic carbocycles. The van der Waals surface area contributed by atoms with Crippen LogP contribution in [-0.2, 0) is 63.8 Å². The summed E-state index contributed by atoms with van der Waals surface area (Å²) in [6.07, 6.45) is 6.00. The van der Waals surface area contributed by atoms with Crippen LogP contribution >= 0.6 is 0 Å². The fraction of sp³-hybridized carbons (Fsp3) is 0.688. The van der Waals surface area contributed by atoms with Gasteiger partial charge >= 0.3 is 12.0 Å². The first-order chi connectivity index (χ1) is 31.8. The van der Waals surface area contributed by atoms with Gasteiger partial charge in [0.2, 0.25) is 11.8 Å². The lowest BCUT2D eigenvalue weighted by atomic mass is 9.88. The summed E-state index contributed by atoms with van der Waals surface area (Å²) in [6.45, 7) is 6.12. The van der Waals surface area contributed by atoms with Crippen molar-refractivity contribution in [3.63, 3.8) is 0 Å². The van der Waals surface area contributed by atoms with Gasteiger partial charge in [-0.2, -0.15) is 0 Å². The molecule has 0 radical (unpaired) electrons. The Bertz CT molecular complexity index is 1680. The number of Topliss-reactive ketones (excluding diaryl/α,β-unsaturated/α-hetero) is 3. The average Bonchev–Trinajstić information content (AvgIpc) is 3.28. The maximum atomic E-state index is 13.8. The summed E-state index contributed by atoms with van der Waals surface area (Å²) in [5.74, 6) is 1.87. The van der Waals surface area contributed by atoms with Crippen LogP contribution in [0, 0.1) is 29.6 Å². The molecule has 18 heteroatoms. The topological polar surface area (TPSA) is 257 Å². The summed E-state index contributed by atoms with van der Waals surface area (Å²) >= 11 is 0. The molecule has 0 fully saturated rings. The van der Waals surface area contributed by atoms with Crippen LogP contribution in [0.5, 0.6) is 0 Å². The van der Waals surface area contributed by atoms with E-state index in [1.54, 1.807) is 38.1 Å². The Balaban J connectivity index is 1.73. The van der Waals surface area contributed by atoms with Crippen molar-refractivity contribution >= 4 is 46.9 Å². The number of carbonyl (C=O) groups is 7. The number of carbonyl (C=O) groups excluding carboxylic acids is 7. The molecule has 0 spiro atoms. The van der Waals surface area contributed by atoms with Crippen LogP contribution in [0.1, 0.15) is 109 Å². The van der Waals surface area contributed by atoms with Crippen molar-refractivity contribution in [1.29, 1.82) is 0 Å². The first-order valence-corrected chi connectivity index (χ1v) is 23.2. The zero-order valence-electron chi connectivity index (χ0n) is 39.2. The van der Waals surface area contributed by atoms with Crippen molar-refractivity contribution in [2.75, 3.05) is 78.4 Å². The van der Waals surface area contributed by atoms with Crippen molar-refractivity contribution in [2.24, 2.45) is 23.5 Å². The number of amides is 4. The fourth-order valence-corrected chi connectivity index (χ4v) is 6.87. The quantitative estimate of drug-likeness (QED) is 0.0360. The lowest BCUT2D eigenvalue weighted by Crippen LogP contribution is -2.48. The second kappa shape index (κ2) is 35.4. The van der Waals surface area contributed by atoms with Crippen molar-refractivity contribution in [1.82, 2.24) is 10.6 Å². The molecular formula is C48H74N4O14. The summed E-state index contributed by atoms with van der Waals surface area (Å²) in [7, 11) is 1.23. The van der Waals surface area contributed by atoms with E-state index < -0.39 is 47.5 Å². The number of methoxy groups -OCH3 is 1. The van der Waals surface area contributed by atoms with Crippen molar-refractivity contribution in [2.45, 2.75) is 122 Å². The van der Waals surface area contributed by atoms with Crippen molar-refractivity contribution < 1.29 is 67.1 Å². The minimum atomic E-state index is -1.01. The van der Waals surface area contributed by atoms with E-state index in [2.05, 4.69) is 27.8 Å². The third kappa shape index (κ3) is 27.0. The number of anilines is 1. The molecule has 1 aromatic rings. The van der Waals surface area contributed by atoms with E-state index in [1.165, 1.54) is 7.11 Å². The molecule has 18 nitrogen and oxygen atoms in total. The first kappa shape index (κ1) is 57.4. The average molecular weight is 931 g/mol. The van der Waals surface area contributed by atoms with E-state index in [-0.39, 0.29) is 102 Å². The number of ketones is 3. The molecule has 1 aromatic carbocycles. The molecule has 0 heterocycles. The minimum absolute atomic E-state index is 0.00685. The van der Waals surface area contributed by atoms with E-state index in [0.29, 0.717) is 63.5 Å². The van der Waals surface area contributed by atoms with Gasteiger partial charge < -0.3 is 55.2 Å². The Hall–Kier alpha value is -4.77. The highest BCUT2D eigenvalue weighted by Crippen LogP contribution is 2.21. The fourth-order valence-electron chi connectivity index (χ4n) is 6.87. The van der Waals surface area contributed by atoms with Gasteiger partial charge in [0.25, 0.3) is 0 Å². The monoisotopic (exact) mass is 931 g/mol. The highest BCUT2D eigenvalue weighted by molar-refractivity contribution is 5.98. The van der Waals surface area contributed by atoms with Crippen LogP contribution in [0.25, 0.3) is 0 Å². The van der Waals surface area contributed by atoms with Crippen LogP contribution in [0.4, 0.5) is 10.5 Å². The molecule has 4 atom stereocenters. The van der Waals surface area contributed by atoms with Gasteiger partial charge in [0, 0.05) is 69.2 Å². The predicted molar refractivity (Wildman–Crippen MR) is 245 cm³/mol. The standard InChI is InChI=1S/C48H74N4O14/c1-35(2)45(43(56)32-37(11-9-22-50-48(49)60)46(58)51-39-18-15-36(33-53)16-19-39)52-47(59)38(17-20-44(57)61-3)31-40(54)21-24-63-26-28-65-30-29-64-27-25-62-23-10-12-41(55)34-66-42-13-7-5-4-6-8-14-42/h15-16,18-19,35,37-38,42,45,53H,4-7,9-13,17,20-34H2,1-3H3,(H,51,58)(H,52,59)(H3,49,50,60)/t37-,38+,42?,45+/m1/s1. The number of hydrogen-bond acceptors (Lipinski definition) is 14. The van der Waals surface area contributed by atoms with E-state index in [0.717, 1.165) is 32.1 Å². The maximum absolute atomic E-state index is 13.8. The molecule has 0 saturated heterocycles. The van der Waals surface area contributed by atoms with Crippen molar-refractivity contribution in [3.8, 4) is 11.8 Å². The van der Waals surface area contributed by atoms with Gasteiger partial charge in [0.05, 0.1) is 66.0 Å². The second-order valence-corrected chi connectivity index (χ2v) is 16.5. The molecule has 1 aliphatic rings. The molecule has 66 heavy (non-hydrogen) atoms. The van der Waals surface area contributed by atoms with Gasteiger partial charge in [-0.15, -0.1) is 5.92 Å². The molecule has 0 aromatic heterocycles. The van der Waals surface area contributed by atoms with Gasteiger partial charge in [-0.05, 0) is 68.6 Å². The lowest BCUT2D eigenvalue weighted by molar-refractivity contribution is -0.142. The number of aliphatic hydroxyl groups excluding tert-OH is 1. The first-order valence-electron chi connectivity index (χ1n) is 23.2. The summed E-state index contributed by atoms with van der Waals surface area (Å²) < 4.78 is 32.6. The molecule has 0 aliphatic heterocycles. The zero-order valence-corrected chi connectivity index (χ0v) is 39.2. The predicted octanol–water partition coefficient (Wildman–Crippen LogP) is 3.97. The lowest BCUT2D eigenvalue weighted by Gasteiger charge is -2.26. The summed E-state index contributed by atoms with van der Waals surface area (Å²) in [5.41, 5.74) is 6.30. The van der Waals surface area contributed by atoms with Crippen LogP contribution in [-0.4, -0.2) is 132 Å². The van der Waals surface area contributed by atoms with Gasteiger partial charge in [0.1, 0.15) is 18.5 Å². The third-order valence-electron chi connectivity index (χ3n) is 10.7. The summed E-state index contributed by atoms with van der Waals surface area (Å²) in [5, 5.41) is 17.4. The van der Waals surface area contributed by atoms with E-state index in [4.69, 9.17) is 34.2 Å². The van der Waals surface area contributed by atoms with Crippen LogP contribution in [0.15, 0.2) is 24.3 Å². The van der Waals surface area contributed by atoms with Crippen molar-refractivity contribution in [3.05, 3.63) is 29.8 Å². The summed E-state index contributed by atoms with van der Waals surface area (Å²) in [6, 6.07) is 4.85. The molecule has 0 bridgehead atoms. The summed E-state index contributed by atoms with van der Waals surface area (Å²) in [4.78, 5) is 89.3. The molecule has 4 amide bonds. The SMILES string of the molecule is COC(=O)CC[C@@H](CC(=O)CCOCCOCCOCCOCCCC(=O)COC1C#CCCCCC1)C(=O)N[C@H](C(=O)C[C@@H](CCCNC(N)=O)C(=O)Nc1ccc(CO)cc1)C(C)C. The van der Waals surface area contributed by atoms with E-state index in [9.17, 15) is 38.7 Å². The molecule has 0 saturated carbocycles. The Morgan fingerprint density at radius 3 is 2.05 bits per heavy atom. The van der Waals surface area contributed by atoms with Gasteiger partial charge in [-0.25, -0.2) is 4.79 Å². The number of aliphatic hydroxyl groups is 1. The van der Waals surface area contributed by atoms with Crippen LogP contribution < -0.4 is 21.7 Å². The Labute approximate surface area is 389 Å². The number of esters is 1. The van der Waals surface area contributed by atoms with Gasteiger partial charge in [-0.1, -0.05) is 38.3 Å². The number of ether oxygens (including phenoxy) is 6. The van der Waals surface area contributed by atoms with E-state index >= 15 is 0 Å². The number of primary amides is 1. The van der Waals surface area contributed by atoms with E-state index in [1.807, 2.05) is 0 Å². The number of rotatable bonds is 37. The number of urea groups is 1. The minimum Gasteiger partial charge on any atom is -0.469 e. The second-order valence-electron chi connectivity index (χ2n) is 16.5. The number of benzene rings is 1. The number of nitrogens with two attached hydrogens (primary N) is 1. The maximum Gasteiger partial charge on any atom is 0.312 e. The molecule has 2 rings (SSSR count).